The summed E-state index contributed by atoms with van der Waals surface area (Å²) in [5, 5.41) is 0. The molecule has 0 saturated heterocycles. The molecule has 1 amide bonds. The Kier molecular flexibility index (Phi) is 9.11. The average Bonchev–Trinajstić information content (AvgIpc) is 2.70. The smallest absolute Gasteiger partial charge is 0.310 e. The highest BCUT2D eigenvalue weighted by molar-refractivity contribution is 5.80. The van der Waals surface area contributed by atoms with E-state index in [9.17, 15) is 9.59 Å². The number of amides is 1. The summed E-state index contributed by atoms with van der Waals surface area (Å²) in [6.07, 6.45) is 13.0. The molecule has 0 bridgehead atoms. The second-order valence-electron chi connectivity index (χ2n) is 9.10. The number of hydrogen-bond donors (Lipinski definition) is 0. The van der Waals surface area contributed by atoms with E-state index in [2.05, 4.69) is 18.7 Å². The fourth-order valence-electron chi connectivity index (χ4n) is 5.14. The zero-order valence-corrected chi connectivity index (χ0v) is 18.0. The van der Waals surface area contributed by atoms with Crippen LogP contribution in [0.25, 0.3) is 0 Å². The Morgan fingerprint density at radius 2 is 1.74 bits per heavy atom. The Morgan fingerprint density at radius 1 is 1.07 bits per heavy atom. The van der Waals surface area contributed by atoms with Crippen molar-refractivity contribution >= 4 is 11.9 Å². The van der Waals surface area contributed by atoms with Crippen molar-refractivity contribution in [2.24, 2.45) is 23.7 Å². The fourth-order valence-corrected chi connectivity index (χ4v) is 5.14. The second-order valence-corrected chi connectivity index (χ2v) is 9.10. The molecule has 0 aromatic carbocycles. The molecule has 3 unspecified atom stereocenters. The highest BCUT2D eigenvalue weighted by Crippen LogP contribution is 2.35. The number of esters is 1. The Labute approximate surface area is 166 Å². The molecule has 0 N–H and O–H groups in total. The van der Waals surface area contributed by atoms with Gasteiger partial charge in [-0.2, -0.15) is 0 Å². The standard InChI is InChI=1S/C23H41NO3/c1-5-6-10-19-12-14-20(15-13-19)22(25)24(16-18(3)23(26)27-4)21-11-8-7-9-17(21)2/h17-21H,5-16H2,1-4H3. The summed E-state index contributed by atoms with van der Waals surface area (Å²) in [6, 6.07) is 0.288. The lowest BCUT2D eigenvalue weighted by Crippen LogP contribution is -2.50. The second kappa shape index (κ2) is 11.1. The highest BCUT2D eigenvalue weighted by Gasteiger charge is 2.37. The minimum Gasteiger partial charge on any atom is -0.469 e. The van der Waals surface area contributed by atoms with Gasteiger partial charge in [0.05, 0.1) is 13.0 Å². The van der Waals surface area contributed by atoms with Crippen LogP contribution in [0.3, 0.4) is 0 Å². The van der Waals surface area contributed by atoms with Crippen molar-refractivity contribution < 1.29 is 14.3 Å². The van der Waals surface area contributed by atoms with Crippen molar-refractivity contribution in [2.75, 3.05) is 13.7 Å². The van der Waals surface area contributed by atoms with E-state index in [4.69, 9.17) is 4.74 Å². The lowest BCUT2D eigenvalue weighted by atomic mass is 9.78. The van der Waals surface area contributed by atoms with E-state index < -0.39 is 0 Å². The number of carbonyl (C=O) groups excluding carboxylic acids is 2. The lowest BCUT2D eigenvalue weighted by Gasteiger charge is -2.42. The van der Waals surface area contributed by atoms with Crippen LogP contribution in [0.5, 0.6) is 0 Å². The van der Waals surface area contributed by atoms with Gasteiger partial charge in [0.1, 0.15) is 0 Å². The van der Waals surface area contributed by atoms with Gasteiger partial charge in [-0.1, -0.05) is 52.9 Å². The zero-order chi connectivity index (χ0) is 19.8. The van der Waals surface area contributed by atoms with Gasteiger partial charge >= 0.3 is 5.97 Å². The number of methoxy groups -OCH3 is 1. The average molecular weight is 380 g/mol. The van der Waals surface area contributed by atoms with E-state index in [1.54, 1.807) is 0 Å². The first-order valence-electron chi connectivity index (χ1n) is 11.4. The van der Waals surface area contributed by atoms with Gasteiger partial charge in [0.15, 0.2) is 0 Å². The third-order valence-corrected chi connectivity index (χ3v) is 6.99. The molecule has 0 aromatic rings. The van der Waals surface area contributed by atoms with Gasteiger partial charge in [-0.15, -0.1) is 0 Å². The first-order valence-corrected chi connectivity index (χ1v) is 11.4. The van der Waals surface area contributed by atoms with E-state index >= 15 is 0 Å². The molecule has 2 fully saturated rings. The van der Waals surface area contributed by atoms with Gasteiger partial charge in [0, 0.05) is 18.5 Å². The first-order chi connectivity index (χ1) is 13.0. The highest BCUT2D eigenvalue weighted by atomic mass is 16.5. The number of rotatable bonds is 8. The Bertz CT molecular complexity index is 470. The van der Waals surface area contributed by atoms with Crippen molar-refractivity contribution in [3.63, 3.8) is 0 Å². The van der Waals surface area contributed by atoms with Crippen LogP contribution < -0.4 is 0 Å². The molecule has 2 aliphatic rings. The summed E-state index contributed by atoms with van der Waals surface area (Å²) in [4.78, 5) is 27.6. The topological polar surface area (TPSA) is 46.6 Å². The van der Waals surface area contributed by atoms with E-state index in [0.717, 1.165) is 25.2 Å². The van der Waals surface area contributed by atoms with Crippen LogP contribution in [-0.4, -0.2) is 36.5 Å². The molecular formula is C23H41NO3. The third kappa shape index (κ3) is 6.22. The van der Waals surface area contributed by atoms with E-state index in [0.29, 0.717) is 18.4 Å². The maximum atomic E-state index is 13.5. The molecule has 0 radical (unpaired) electrons. The van der Waals surface area contributed by atoms with Gasteiger partial charge in [0.2, 0.25) is 5.91 Å². The maximum Gasteiger partial charge on any atom is 0.310 e. The molecular weight excluding hydrogens is 338 g/mol. The lowest BCUT2D eigenvalue weighted by molar-refractivity contribution is -0.149. The van der Waals surface area contributed by atoms with Crippen LogP contribution in [-0.2, 0) is 14.3 Å². The fraction of sp³-hybridized carbons (Fsp3) is 0.913. The van der Waals surface area contributed by atoms with E-state index in [1.165, 1.54) is 58.5 Å². The predicted molar refractivity (Wildman–Crippen MR) is 109 cm³/mol. The van der Waals surface area contributed by atoms with Crippen molar-refractivity contribution in [2.45, 2.75) is 97.4 Å². The van der Waals surface area contributed by atoms with Gasteiger partial charge < -0.3 is 9.64 Å². The Balaban J connectivity index is 2.03. The summed E-state index contributed by atoms with van der Waals surface area (Å²) >= 11 is 0. The predicted octanol–water partition coefficient (Wildman–Crippen LogP) is 5.20. The molecule has 156 valence electrons. The van der Waals surface area contributed by atoms with Gasteiger partial charge in [-0.25, -0.2) is 0 Å². The number of hydrogen-bond acceptors (Lipinski definition) is 3. The van der Waals surface area contributed by atoms with E-state index in [-0.39, 0.29) is 23.8 Å². The third-order valence-electron chi connectivity index (χ3n) is 6.99. The number of ether oxygens (including phenoxy) is 1. The Morgan fingerprint density at radius 3 is 2.33 bits per heavy atom. The van der Waals surface area contributed by atoms with Crippen molar-refractivity contribution in [1.29, 1.82) is 0 Å². The molecule has 27 heavy (non-hydrogen) atoms. The van der Waals surface area contributed by atoms with Gasteiger partial charge in [0.25, 0.3) is 0 Å². The van der Waals surface area contributed by atoms with Gasteiger partial charge in [-0.05, 0) is 50.4 Å². The number of unbranched alkanes of at least 4 members (excludes halogenated alkanes) is 1. The van der Waals surface area contributed by atoms with Crippen LogP contribution in [0.15, 0.2) is 0 Å². The summed E-state index contributed by atoms with van der Waals surface area (Å²) in [7, 11) is 1.44. The maximum absolute atomic E-state index is 13.5. The molecule has 0 spiro atoms. The molecule has 2 rings (SSSR count). The van der Waals surface area contributed by atoms with Crippen LogP contribution >= 0.6 is 0 Å². The summed E-state index contributed by atoms with van der Waals surface area (Å²) in [6.45, 7) is 6.92. The molecule has 0 aromatic heterocycles. The summed E-state index contributed by atoms with van der Waals surface area (Å²) < 4.78 is 4.93. The molecule has 0 aliphatic heterocycles. The largest absolute Gasteiger partial charge is 0.469 e. The molecule has 4 heteroatoms. The van der Waals surface area contributed by atoms with Crippen molar-refractivity contribution in [1.82, 2.24) is 4.90 Å². The van der Waals surface area contributed by atoms with Crippen LogP contribution in [0.4, 0.5) is 0 Å². The minimum atomic E-state index is -0.256. The number of nitrogens with zero attached hydrogens (tertiary/aromatic N) is 1. The van der Waals surface area contributed by atoms with Crippen molar-refractivity contribution in [3.8, 4) is 0 Å². The normalized spacial score (nSPS) is 29.8. The monoisotopic (exact) mass is 379 g/mol. The molecule has 3 atom stereocenters. The van der Waals surface area contributed by atoms with Gasteiger partial charge in [-0.3, -0.25) is 9.59 Å². The molecule has 0 heterocycles. The van der Waals surface area contributed by atoms with Crippen LogP contribution in [0.2, 0.25) is 0 Å². The number of carbonyl (C=O) groups is 2. The minimum absolute atomic E-state index is 0.154. The van der Waals surface area contributed by atoms with Crippen LogP contribution in [0.1, 0.15) is 91.4 Å². The van der Waals surface area contributed by atoms with Crippen molar-refractivity contribution in [3.05, 3.63) is 0 Å². The summed E-state index contributed by atoms with van der Waals surface area (Å²) in [5.41, 5.74) is 0. The van der Waals surface area contributed by atoms with Crippen LogP contribution in [0, 0.1) is 23.7 Å². The zero-order valence-electron chi connectivity index (χ0n) is 18.0. The molecule has 2 aliphatic carbocycles. The Hall–Kier alpha value is -1.06. The SMILES string of the molecule is CCCCC1CCC(C(=O)N(CC(C)C(=O)OC)C2CCCCC2C)CC1. The van der Waals surface area contributed by atoms with E-state index in [1.807, 2.05) is 6.92 Å². The molecule has 2 saturated carbocycles. The molecule has 4 nitrogen and oxygen atoms in total. The quantitative estimate of drug-likeness (QED) is 0.545. The first kappa shape index (κ1) is 22.2. The summed E-state index contributed by atoms with van der Waals surface area (Å²) in [5.74, 6) is 1.33.